The highest BCUT2D eigenvalue weighted by Gasteiger charge is 2.11. The molecule has 0 amide bonds. The summed E-state index contributed by atoms with van der Waals surface area (Å²) in [6, 6.07) is 16.3. The van der Waals surface area contributed by atoms with Gasteiger partial charge in [0.25, 0.3) is 0 Å². The molecule has 0 atom stereocenters. The van der Waals surface area contributed by atoms with E-state index >= 15 is 0 Å². The molecular weight excluding hydrogens is 278 g/mol. The lowest BCUT2D eigenvalue weighted by Crippen LogP contribution is -2.17. The van der Waals surface area contributed by atoms with Crippen LogP contribution in [-0.4, -0.2) is 12.9 Å². The van der Waals surface area contributed by atoms with E-state index in [1.54, 1.807) is 11.3 Å². The lowest BCUT2D eigenvalue weighted by molar-refractivity contribution is 0.946. The molecule has 0 aliphatic rings. The van der Waals surface area contributed by atoms with Crippen LogP contribution in [0.2, 0.25) is 0 Å². The molecule has 4 heteroatoms. The van der Waals surface area contributed by atoms with Crippen LogP contribution < -0.4 is 10.6 Å². The molecule has 0 unspecified atom stereocenters. The summed E-state index contributed by atoms with van der Waals surface area (Å²) in [4.78, 5) is 3.56. The first-order valence-corrected chi connectivity index (χ1v) is 7.64. The number of nitrogens with two attached hydrogens (primary N) is 1. The predicted molar refractivity (Wildman–Crippen MR) is 91.4 cm³/mol. The zero-order chi connectivity index (χ0) is 14.8. The maximum atomic E-state index is 7.72. The molecule has 106 valence electrons. The number of thiophene rings is 1. The maximum absolute atomic E-state index is 7.72. The Hall–Kier alpha value is -2.33. The van der Waals surface area contributed by atoms with Gasteiger partial charge in [0.2, 0.25) is 0 Å². The van der Waals surface area contributed by atoms with Gasteiger partial charge in [-0.15, -0.1) is 11.3 Å². The van der Waals surface area contributed by atoms with E-state index in [9.17, 15) is 0 Å². The number of amidine groups is 1. The van der Waals surface area contributed by atoms with E-state index in [0.29, 0.717) is 0 Å². The predicted octanol–water partition coefficient (Wildman–Crippen LogP) is 3.82. The zero-order valence-corrected chi connectivity index (χ0v) is 12.7. The maximum Gasteiger partial charge on any atom is 0.123 e. The smallest absolute Gasteiger partial charge is 0.123 e. The average Bonchev–Trinajstić information content (AvgIpc) is 2.98. The molecule has 0 saturated carbocycles. The van der Waals surface area contributed by atoms with Crippen molar-refractivity contribution >= 4 is 33.6 Å². The minimum atomic E-state index is 0.110. The average molecular weight is 295 g/mol. The molecule has 3 nitrogen and oxygen atoms in total. The summed E-state index contributed by atoms with van der Waals surface area (Å²) in [5, 5.41) is 12.0. The second-order valence-corrected chi connectivity index (χ2v) is 6.06. The third kappa shape index (κ3) is 2.62. The van der Waals surface area contributed by atoms with Gasteiger partial charge >= 0.3 is 0 Å². The molecule has 0 aliphatic heterocycles. The molecule has 0 radical (unpaired) electrons. The largest absolute Gasteiger partial charge is 0.384 e. The number of anilines is 1. The van der Waals surface area contributed by atoms with Crippen LogP contribution in [0.25, 0.3) is 10.8 Å². The van der Waals surface area contributed by atoms with Crippen LogP contribution in [0.3, 0.4) is 0 Å². The first kappa shape index (κ1) is 13.6. The molecule has 0 fully saturated rings. The Morgan fingerprint density at radius 1 is 1.10 bits per heavy atom. The quantitative estimate of drug-likeness (QED) is 0.568. The monoisotopic (exact) mass is 295 g/mol. The molecule has 1 heterocycles. The fraction of sp³-hybridized carbons (Fsp3) is 0.118. The highest BCUT2D eigenvalue weighted by molar-refractivity contribution is 7.09. The van der Waals surface area contributed by atoms with Crippen LogP contribution in [0.5, 0.6) is 0 Å². The van der Waals surface area contributed by atoms with E-state index in [0.717, 1.165) is 28.6 Å². The van der Waals surface area contributed by atoms with Crippen molar-refractivity contribution in [3.63, 3.8) is 0 Å². The number of nitrogen functional groups attached to an aromatic ring is 1. The summed E-state index contributed by atoms with van der Waals surface area (Å²) in [5.41, 5.74) is 7.63. The van der Waals surface area contributed by atoms with Crippen molar-refractivity contribution in [2.24, 2.45) is 5.73 Å². The number of hydrogen-bond acceptors (Lipinski definition) is 3. The summed E-state index contributed by atoms with van der Waals surface area (Å²) in [6.45, 7) is 0.876. The molecule has 0 bridgehead atoms. The standard InChI is InChI=1S/C17H17N3S/c1-20(11-12-5-4-10-21-12)16-9-8-15(17(18)19)13-6-2-3-7-14(13)16/h2-10H,11H2,1H3,(H3,18,19). The SMILES string of the molecule is CN(Cc1cccs1)c1ccc(C(=N)N)c2ccccc12. The van der Waals surface area contributed by atoms with Gasteiger partial charge in [0.05, 0.1) is 6.54 Å². The summed E-state index contributed by atoms with van der Waals surface area (Å²) in [7, 11) is 2.09. The Labute approximate surface area is 128 Å². The summed E-state index contributed by atoms with van der Waals surface area (Å²) < 4.78 is 0. The van der Waals surface area contributed by atoms with Gasteiger partial charge in [-0.25, -0.2) is 0 Å². The number of rotatable bonds is 4. The molecule has 0 aliphatic carbocycles. The highest BCUT2D eigenvalue weighted by Crippen LogP contribution is 2.30. The van der Waals surface area contributed by atoms with E-state index < -0.39 is 0 Å². The molecule has 3 rings (SSSR count). The Balaban J connectivity index is 2.07. The number of nitrogens with zero attached hydrogens (tertiary/aromatic N) is 1. The molecular formula is C17H17N3S. The second kappa shape index (κ2) is 5.58. The van der Waals surface area contributed by atoms with Gasteiger partial charge < -0.3 is 10.6 Å². The molecule has 1 aromatic heterocycles. The fourth-order valence-electron chi connectivity index (χ4n) is 2.57. The highest BCUT2D eigenvalue weighted by atomic mass is 32.1. The van der Waals surface area contributed by atoms with Crippen LogP contribution in [0.4, 0.5) is 5.69 Å². The normalized spacial score (nSPS) is 10.7. The molecule has 3 N–H and O–H groups in total. The number of benzene rings is 2. The van der Waals surface area contributed by atoms with Crippen molar-refractivity contribution in [3.8, 4) is 0 Å². The van der Waals surface area contributed by atoms with Crippen LogP contribution in [-0.2, 0) is 6.54 Å². The van der Waals surface area contributed by atoms with Crippen LogP contribution in [0.15, 0.2) is 53.9 Å². The first-order chi connectivity index (χ1) is 10.2. The Kier molecular flexibility index (Phi) is 3.62. The van der Waals surface area contributed by atoms with E-state index in [2.05, 4.69) is 35.5 Å². The van der Waals surface area contributed by atoms with Crippen molar-refractivity contribution in [2.75, 3.05) is 11.9 Å². The van der Waals surface area contributed by atoms with Gasteiger partial charge in [-0.2, -0.15) is 0 Å². The second-order valence-electron chi connectivity index (χ2n) is 5.03. The molecule has 21 heavy (non-hydrogen) atoms. The van der Waals surface area contributed by atoms with E-state index in [1.807, 2.05) is 30.3 Å². The summed E-state index contributed by atoms with van der Waals surface area (Å²) in [5.74, 6) is 0.110. The molecule has 3 aromatic rings. The lowest BCUT2D eigenvalue weighted by atomic mass is 10.0. The van der Waals surface area contributed by atoms with Crippen molar-refractivity contribution in [2.45, 2.75) is 6.54 Å². The van der Waals surface area contributed by atoms with E-state index in [4.69, 9.17) is 11.1 Å². The van der Waals surface area contributed by atoms with Crippen molar-refractivity contribution in [3.05, 3.63) is 64.4 Å². The molecule has 0 spiro atoms. The number of nitrogens with one attached hydrogen (secondary N) is 1. The lowest BCUT2D eigenvalue weighted by Gasteiger charge is -2.21. The zero-order valence-electron chi connectivity index (χ0n) is 11.8. The fourth-order valence-corrected chi connectivity index (χ4v) is 3.33. The number of hydrogen-bond donors (Lipinski definition) is 2. The van der Waals surface area contributed by atoms with Gasteiger partial charge in [0, 0.05) is 28.6 Å². The molecule has 0 saturated heterocycles. The van der Waals surface area contributed by atoms with Crippen molar-refractivity contribution in [1.82, 2.24) is 0 Å². The number of fused-ring (bicyclic) bond motifs is 1. The van der Waals surface area contributed by atoms with Gasteiger partial charge in [0.15, 0.2) is 0 Å². The van der Waals surface area contributed by atoms with E-state index in [1.165, 1.54) is 4.88 Å². The Morgan fingerprint density at radius 3 is 2.52 bits per heavy atom. The van der Waals surface area contributed by atoms with Gasteiger partial charge in [0.1, 0.15) is 5.84 Å². The van der Waals surface area contributed by atoms with Crippen LogP contribution >= 0.6 is 11.3 Å². The topological polar surface area (TPSA) is 53.1 Å². The van der Waals surface area contributed by atoms with E-state index in [-0.39, 0.29) is 5.84 Å². The summed E-state index contributed by atoms with van der Waals surface area (Å²) in [6.07, 6.45) is 0. The Morgan fingerprint density at radius 2 is 1.86 bits per heavy atom. The summed E-state index contributed by atoms with van der Waals surface area (Å²) >= 11 is 1.76. The van der Waals surface area contributed by atoms with Crippen molar-refractivity contribution in [1.29, 1.82) is 5.41 Å². The van der Waals surface area contributed by atoms with Crippen LogP contribution in [0.1, 0.15) is 10.4 Å². The van der Waals surface area contributed by atoms with Gasteiger partial charge in [-0.3, -0.25) is 5.41 Å². The minimum absolute atomic E-state index is 0.110. The Bertz CT molecular complexity index is 778. The van der Waals surface area contributed by atoms with Crippen LogP contribution in [0, 0.1) is 5.41 Å². The van der Waals surface area contributed by atoms with Gasteiger partial charge in [-0.1, -0.05) is 30.3 Å². The van der Waals surface area contributed by atoms with Gasteiger partial charge in [-0.05, 0) is 29.0 Å². The van der Waals surface area contributed by atoms with Crippen molar-refractivity contribution < 1.29 is 0 Å². The third-order valence-electron chi connectivity index (χ3n) is 3.58. The first-order valence-electron chi connectivity index (χ1n) is 6.76. The third-order valence-corrected chi connectivity index (χ3v) is 4.44. The molecule has 2 aromatic carbocycles. The minimum Gasteiger partial charge on any atom is -0.384 e.